The first kappa shape index (κ1) is 21.8. The number of hydrogen-bond donors (Lipinski definition) is 0. The summed E-state index contributed by atoms with van der Waals surface area (Å²) in [5, 5.41) is 0. The molecule has 0 N–H and O–H groups in total. The van der Waals surface area contributed by atoms with Gasteiger partial charge in [-0.25, -0.2) is 0 Å². The van der Waals surface area contributed by atoms with E-state index in [1.807, 2.05) is 4.90 Å². The van der Waals surface area contributed by atoms with Gasteiger partial charge in [-0.05, 0) is 69.9 Å². The number of piperidine rings is 1. The van der Waals surface area contributed by atoms with E-state index in [-0.39, 0.29) is 42.5 Å². The van der Waals surface area contributed by atoms with Crippen LogP contribution in [0.2, 0.25) is 0 Å². The average Bonchev–Trinajstić information content (AvgIpc) is 3.56. The topological polar surface area (TPSA) is 60.9 Å². The van der Waals surface area contributed by atoms with Crippen molar-refractivity contribution >= 4 is 17.7 Å². The molecule has 168 valence electrons. The average molecular weight is 418 g/mol. The number of fused-ring (bicyclic) bond motifs is 1. The van der Waals surface area contributed by atoms with E-state index in [4.69, 9.17) is 0 Å². The maximum atomic E-state index is 12.7. The van der Waals surface area contributed by atoms with Crippen LogP contribution in [0.4, 0.5) is 0 Å². The summed E-state index contributed by atoms with van der Waals surface area (Å²) in [6, 6.07) is 0. The van der Waals surface area contributed by atoms with Crippen molar-refractivity contribution in [2.45, 2.75) is 71.1 Å². The molecule has 4 rings (SSSR count). The summed E-state index contributed by atoms with van der Waals surface area (Å²) >= 11 is 0. The summed E-state index contributed by atoms with van der Waals surface area (Å²) in [6.07, 6.45) is 10.3. The Morgan fingerprint density at radius 1 is 0.933 bits per heavy atom. The first-order valence-electron chi connectivity index (χ1n) is 12.4. The van der Waals surface area contributed by atoms with E-state index >= 15 is 0 Å². The van der Waals surface area contributed by atoms with Gasteiger partial charge in [-0.2, -0.15) is 0 Å². The number of carbonyl (C=O) groups is 3. The lowest BCUT2D eigenvalue weighted by atomic mass is 9.81. The predicted octanol–water partition coefficient (Wildman–Crippen LogP) is 2.91. The number of rotatable bonds is 9. The quantitative estimate of drug-likeness (QED) is 0.541. The molecule has 0 radical (unpaired) electrons. The summed E-state index contributed by atoms with van der Waals surface area (Å²) < 4.78 is 0. The third-order valence-corrected chi connectivity index (χ3v) is 7.96. The smallest absolute Gasteiger partial charge is 0.233 e. The molecule has 0 bridgehead atoms. The van der Waals surface area contributed by atoms with Crippen molar-refractivity contribution in [3.05, 3.63) is 0 Å². The molecule has 0 aromatic rings. The minimum Gasteiger partial charge on any atom is -0.343 e. The zero-order valence-corrected chi connectivity index (χ0v) is 18.7. The Balaban J connectivity index is 1.16. The van der Waals surface area contributed by atoms with Gasteiger partial charge in [-0.1, -0.05) is 19.8 Å². The third kappa shape index (κ3) is 5.06. The fourth-order valence-corrected chi connectivity index (χ4v) is 5.70. The minimum absolute atomic E-state index is 0.0251. The number of nitrogens with zero attached hydrogens (tertiary/aromatic N) is 3. The van der Waals surface area contributed by atoms with Crippen molar-refractivity contribution in [3.8, 4) is 0 Å². The number of likely N-dealkylation sites (tertiary alicyclic amines) is 2. The number of imide groups is 1. The molecule has 6 nitrogen and oxygen atoms in total. The Bertz CT molecular complexity index is 616. The second kappa shape index (κ2) is 9.80. The molecule has 6 heteroatoms. The molecule has 2 unspecified atom stereocenters. The van der Waals surface area contributed by atoms with Gasteiger partial charge >= 0.3 is 0 Å². The molecule has 2 aliphatic heterocycles. The lowest BCUT2D eigenvalue weighted by Crippen LogP contribution is -2.41. The van der Waals surface area contributed by atoms with Gasteiger partial charge in [0.25, 0.3) is 0 Å². The minimum atomic E-state index is -0.111. The Labute approximate surface area is 181 Å². The molecule has 0 aromatic carbocycles. The van der Waals surface area contributed by atoms with Crippen molar-refractivity contribution in [2.75, 3.05) is 39.3 Å². The summed E-state index contributed by atoms with van der Waals surface area (Å²) in [7, 11) is 0. The van der Waals surface area contributed by atoms with Crippen molar-refractivity contribution in [3.63, 3.8) is 0 Å². The van der Waals surface area contributed by atoms with Gasteiger partial charge in [-0.15, -0.1) is 0 Å². The van der Waals surface area contributed by atoms with Gasteiger partial charge < -0.3 is 9.80 Å². The molecule has 0 spiro atoms. The number of hydrogen-bond acceptors (Lipinski definition) is 4. The normalized spacial score (nSPS) is 27.8. The second-order valence-electron chi connectivity index (χ2n) is 10.0. The summed E-state index contributed by atoms with van der Waals surface area (Å²) in [5.74, 6) is 1.49. The fraction of sp³-hybridized carbons (Fsp3) is 0.875. The molecule has 30 heavy (non-hydrogen) atoms. The highest BCUT2D eigenvalue weighted by molar-refractivity contribution is 6.05. The van der Waals surface area contributed by atoms with E-state index in [1.165, 1.54) is 37.3 Å². The fourth-order valence-electron chi connectivity index (χ4n) is 5.70. The Morgan fingerprint density at radius 2 is 1.57 bits per heavy atom. The van der Waals surface area contributed by atoms with Crippen LogP contribution in [0.1, 0.15) is 71.1 Å². The first-order chi connectivity index (χ1) is 14.6. The van der Waals surface area contributed by atoms with Crippen molar-refractivity contribution in [1.82, 2.24) is 14.7 Å². The van der Waals surface area contributed by atoms with E-state index in [0.717, 1.165) is 64.1 Å². The predicted molar refractivity (Wildman–Crippen MR) is 116 cm³/mol. The molecule has 4 aliphatic rings. The Morgan fingerprint density at radius 3 is 2.13 bits per heavy atom. The van der Waals surface area contributed by atoms with Gasteiger partial charge in [0.15, 0.2) is 0 Å². The molecule has 4 fully saturated rings. The lowest BCUT2D eigenvalue weighted by Gasteiger charge is -2.33. The van der Waals surface area contributed by atoms with Crippen LogP contribution in [0, 0.1) is 23.7 Å². The molecular formula is C24H39N3O3. The van der Waals surface area contributed by atoms with Gasteiger partial charge in [0.05, 0.1) is 11.8 Å². The number of carbonyl (C=O) groups excluding carboxylic acids is 3. The highest BCUT2D eigenvalue weighted by Crippen LogP contribution is 2.38. The molecule has 0 aromatic heterocycles. The molecule has 2 heterocycles. The van der Waals surface area contributed by atoms with Gasteiger partial charge in [0.1, 0.15) is 0 Å². The van der Waals surface area contributed by atoms with Gasteiger partial charge in [0.2, 0.25) is 17.7 Å². The highest BCUT2D eigenvalue weighted by atomic mass is 16.2. The molecule has 2 saturated heterocycles. The van der Waals surface area contributed by atoms with E-state index in [2.05, 4.69) is 11.8 Å². The second-order valence-corrected chi connectivity index (χ2v) is 10.0. The van der Waals surface area contributed by atoms with Crippen LogP contribution < -0.4 is 0 Å². The van der Waals surface area contributed by atoms with Crippen LogP contribution in [0.25, 0.3) is 0 Å². The van der Waals surface area contributed by atoms with Crippen molar-refractivity contribution in [1.29, 1.82) is 0 Å². The maximum absolute atomic E-state index is 12.7. The standard InChI is InChI=1S/C24H39N3O3/c1-2-25(17-19-7-8-19)13-9-18-10-14-26(15-11-18)22(28)12-16-27-23(29)20-5-3-4-6-21(20)24(27)30/h18-21H,2-17H2,1H3. The highest BCUT2D eigenvalue weighted by Gasteiger charge is 2.47. The van der Waals surface area contributed by atoms with Gasteiger partial charge in [0, 0.05) is 32.6 Å². The molecular weight excluding hydrogens is 378 g/mol. The number of amides is 3. The zero-order chi connectivity index (χ0) is 21.1. The van der Waals surface area contributed by atoms with Crippen molar-refractivity contribution in [2.24, 2.45) is 23.7 Å². The Hall–Kier alpha value is -1.43. The van der Waals surface area contributed by atoms with Crippen LogP contribution in [0.5, 0.6) is 0 Å². The largest absolute Gasteiger partial charge is 0.343 e. The molecule has 2 atom stereocenters. The van der Waals surface area contributed by atoms with Crippen LogP contribution in [0.15, 0.2) is 0 Å². The van der Waals surface area contributed by atoms with E-state index in [0.29, 0.717) is 5.92 Å². The van der Waals surface area contributed by atoms with E-state index in [1.54, 1.807) is 0 Å². The van der Waals surface area contributed by atoms with E-state index in [9.17, 15) is 14.4 Å². The molecule has 2 saturated carbocycles. The lowest BCUT2D eigenvalue weighted by molar-refractivity contribution is -0.141. The SMILES string of the molecule is CCN(CCC1CCN(C(=O)CCN2C(=O)C3CCCCC3C2=O)CC1)CC1CC1. The van der Waals surface area contributed by atoms with Crippen LogP contribution in [-0.2, 0) is 14.4 Å². The summed E-state index contributed by atoms with van der Waals surface area (Å²) in [6.45, 7) is 7.78. The Kier molecular flexibility index (Phi) is 7.12. The van der Waals surface area contributed by atoms with E-state index < -0.39 is 0 Å². The molecule has 2 aliphatic carbocycles. The maximum Gasteiger partial charge on any atom is 0.233 e. The summed E-state index contributed by atoms with van der Waals surface area (Å²) in [4.78, 5) is 43.8. The first-order valence-corrected chi connectivity index (χ1v) is 12.4. The summed E-state index contributed by atoms with van der Waals surface area (Å²) in [5.41, 5.74) is 0. The van der Waals surface area contributed by atoms with Crippen LogP contribution in [0.3, 0.4) is 0 Å². The van der Waals surface area contributed by atoms with Crippen LogP contribution in [-0.4, -0.2) is 71.7 Å². The van der Waals surface area contributed by atoms with Gasteiger partial charge in [-0.3, -0.25) is 19.3 Å². The zero-order valence-electron chi connectivity index (χ0n) is 18.7. The third-order valence-electron chi connectivity index (χ3n) is 7.96. The van der Waals surface area contributed by atoms with Crippen LogP contribution >= 0.6 is 0 Å². The molecule has 3 amide bonds. The monoisotopic (exact) mass is 417 g/mol. The van der Waals surface area contributed by atoms with Crippen molar-refractivity contribution < 1.29 is 14.4 Å².